The third-order valence-electron chi connectivity index (χ3n) is 3.78. The summed E-state index contributed by atoms with van der Waals surface area (Å²) in [5.41, 5.74) is 0.621. The summed E-state index contributed by atoms with van der Waals surface area (Å²) >= 11 is 1.24. The number of carbonyl (C=O) groups excluding carboxylic acids is 1. The van der Waals surface area contributed by atoms with E-state index in [0.717, 1.165) is 5.69 Å². The van der Waals surface area contributed by atoms with Crippen LogP contribution in [0.15, 0.2) is 45.7 Å². The number of methoxy groups -OCH3 is 1. The molecule has 1 amide bonds. The number of furan rings is 1. The van der Waals surface area contributed by atoms with Gasteiger partial charge < -0.3 is 9.15 Å². The first-order valence-electron chi connectivity index (χ1n) is 8.19. The number of ether oxygens (including phenoxy) is 1. The molecule has 0 aliphatic heterocycles. The molecule has 9 nitrogen and oxygen atoms in total. The smallest absolute Gasteiger partial charge is 0.284 e. The summed E-state index contributed by atoms with van der Waals surface area (Å²) in [6.07, 6.45) is 1.26. The third kappa shape index (κ3) is 4.48. The molecular weight excluding hydrogens is 396 g/mol. The summed E-state index contributed by atoms with van der Waals surface area (Å²) in [5, 5.41) is 25.3. The van der Waals surface area contributed by atoms with Gasteiger partial charge in [0, 0.05) is 11.5 Å². The van der Waals surface area contributed by atoms with Crippen LogP contribution in [0.2, 0.25) is 0 Å². The minimum atomic E-state index is -0.629. The Bertz CT molecular complexity index is 1160. The van der Waals surface area contributed by atoms with E-state index in [1.54, 1.807) is 18.4 Å². The van der Waals surface area contributed by atoms with Gasteiger partial charge in [0.25, 0.3) is 11.6 Å². The third-order valence-corrected chi connectivity index (χ3v) is 4.66. The monoisotopic (exact) mass is 410 g/mol. The number of hydrogen-bond donors (Lipinski definition) is 1. The molecule has 3 rings (SSSR count). The first kappa shape index (κ1) is 19.8. The molecule has 10 heteroatoms. The second kappa shape index (κ2) is 8.37. The maximum atomic E-state index is 12.3. The highest BCUT2D eigenvalue weighted by Gasteiger charge is 2.20. The molecule has 0 atom stereocenters. The van der Waals surface area contributed by atoms with Crippen LogP contribution < -0.4 is 10.1 Å². The SMILES string of the molecule is COc1ccc(-c2ccc(/C=C(/C#N)C(=O)Nc3nc(C)cs3)o2)c([N+](=O)[O-])c1. The molecule has 0 aliphatic carbocycles. The van der Waals surface area contributed by atoms with E-state index in [0.29, 0.717) is 10.9 Å². The van der Waals surface area contributed by atoms with Crippen molar-refractivity contribution >= 4 is 34.1 Å². The van der Waals surface area contributed by atoms with Crippen LogP contribution in [0, 0.1) is 28.4 Å². The van der Waals surface area contributed by atoms with Gasteiger partial charge in [0.05, 0.1) is 29.4 Å². The molecule has 0 saturated heterocycles. The van der Waals surface area contributed by atoms with Crippen LogP contribution in [0.4, 0.5) is 10.8 Å². The van der Waals surface area contributed by atoms with Gasteiger partial charge in [0.15, 0.2) is 5.13 Å². The predicted octanol–water partition coefficient (Wildman–Crippen LogP) is 4.17. The summed E-state index contributed by atoms with van der Waals surface area (Å²) < 4.78 is 10.6. The Kier molecular flexibility index (Phi) is 5.71. The van der Waals surface area contributed by atoms with Gasteiger partial charge in [-0.2, -0.15) is 5.26 Å². The minimum Gasteiger partial charge on any atom is -0.497 e. The van der Waals surface area contributed by atoms with Crippen LogP contribution in [0.3, 0.4) is 0 Å². The summed E-state index contributed by atoms with van der Waals surface area (Å²) in [6.45, 7) is 1.79. The second-order valence-electron chi connectivity index (χ2n) is 5.76. The highest BCUT2D eigenvalue weighted by molar-refractivity contribution is 7.13. The van der Waals surface area contributed by atoms with Gasteiger partial charge in [-0.05, 0) is 31.2 Å². The van der Waals surface area contributed by atoms with Gasteiger partial charge in [-0.25, -0.2) is 4.98 Å². The molecule has 0 aliphatic rings. The molecule has 0 unspecified atom stereocenters. The maximum absolute atomic E-state index is 12.3. The van der Waals surface area contributed by atoms with Crippen LogP contribution in [-0.4, -0.2) is 22.9 Å². The van der Waals surface area contributed by atoms with Gasteiger partial charge in [-0.3, -0.25) is 20.2 Å². The number of aryl methyl sites for hydroxylation is 1. The lowest BCUT2D eigenvalue weighted by molar-refractivity contribution is -0.384. The number of anilines is 1. The molecule has 29 heavy (non-hydrogen) atoms. The van der Waals surface area contributed by atoms with Gasteiger partial charge in [-0.15, -0.1) is 11.3 Å². The zero-order valence-electron chi connectivity index (χ0n) is 15.3. The van der Waals surface area contributed by atoms with Crippen LogP contribution in [0.5, 0.6) is 5.75 Å². The number of rotatable bonds is 6. The highest BCUT2D eigenvalue weighted by Crippen LogP contribution is 2.34. The number of hydrogen-bond acceptors (Lipinski definition) is 8. The number of nitro groups is 1. The fourth-order valence-electron chi connectivity index (χ4n) is 2.44. The molecule has 0 spiro atoms. The van der Waals surface area contributed by atoms with Gasteiger partial charge in [0.2, 0.25) is 0 Å². The van der Waals surface area contributed by atoms with Crippen molar-refractivity contribution in [2.45, 2.75) is 6.92 Å². The zero-order valence-corrected chi connectivity index (χ0v) is 16.1. The topological polar surface area (TPSA) is 131 Å². The zero-order chi connectivity index (χ0) is 21.0. The Morgan fingerprint density at radius 3 is 2.83 bits per heavy atom. The van der Waals surface area contributed by atoms with Crippen LogP contribution >= 0.6 is 11.3 Å². The van der Waals surface area contributed by atoms with Crippen molar-refractivity contribution in [1.82, 2.24) is 4.98 Å². The fourth-order valence-corrected chi connectivity index (χ4v) is 3.12. The predicted molar refractivity (Wildman–Crippen MR) is 106 cm³/mol. The molecule has 0 bridgehead atoms. The molecule has 2 heterocycles. The highest BCUT2D eigenvalue weighted by atomic mass is 32.1. The van der Waals surface area contributed by atoms with Crippen molar-refractivity contribution < 1.29 is 18.9 Å². The Labute approximate surface area is 169 Å². The largest absolute Gasteiger partial charge is 0.497 e. The van der Waals surface area contributed by atoms with E-state index in [1.165, 1.54) is 48.8 Å². The number of aromatic nitrogens is 1. The first-order valence-corrected chi connectivity index (χ1v) is 9.07. The van der Waals surface area contributed by atoms with E-state index in [-0.39, 0.29) is 28.3 Å². The van der Waals surface area contributed by atoms with E-state index in [9.17, 15) is 20.2 Å². The maximum Gasteiger partial charge on any atom is 0.284 e. The molecule has 0 saturated carbocycles. The van der Waals surface area contributed by atoms with Crippen molar-refractivity contribution in [2.24, 2.45) is 0 Å². The number of amides is 1. The van der Waals surface area contributed by atoms with Crippen molar-refractivity contribution in [1.29, 1.82) is 5.26 Å². The molecule has 146 valence electrons. The second-order valence-corrected chi connectivity index (χ2v) is 6.62. The summed E-state index contributed by atoms with van der Waals surface area (Å²) in [6, 6.07) is 9.22. The van der Waals surface area contributed by atoms with Crippen molar-refractivity contribution in [2.75, 3.05) is 12.4 Å². The number of thiazole rings is 1. The molecule has 1 N–H and O–H groups in total. The van der Waals surface area contributed by atoms with E-state index in [1.807, 2.05) is 6.07 Å². The van der Waals surface area contributed by atoms with Crippen molar-refractivity contribution in [3.05, 3.63) is 62.9 Å². The fraction of sp³-hybridized carbons (Fsp3) is 0.105. The average molecular weight is 410 g/mol. The van der Waals surface area contributed by atoms with E-state index >= 15 is 0 Å². The summed E-state index contributed by atoms with van der Waals surface area (Å²) in [4.78, 5) is 27.2. The first-order chi connectivity index (χ1) is 13.9. The Morgan fingerprint density at radius 2 is 2.21 bits per heavy atom. The molecule has 0 radical (unpaired) electrons. The standard InChI is InChI=1S/C19H14N4O5S/c1-11-10-29-19(21-11)22-18(24)12(9-20)7-14-4-6-17(28-14)15-5-3-13(27-2)8-16(15)23(25)26/h3-8,10H,1-2H3,(H,21,22,24)/b12-7-. The van der Waals surface area contributed by atoms with E-state index < -0.39 is 10.8 Å². The van der Waals surface area contributed by atoms with Crippen molar-refractivity contribution in [3.8, 4) is 23.1 Å². The molecule has 0 fully saturated rings. The quantitative estimate of drug-likeness (QED) is 0.279. The number of nitro benzene ring substituents is 1. The number of carbonyl (C=O) groups is 1. The number of benzene rings is 1. The average Bonchev–Trinajstić information content (AvgIpc) is 3.34. The molecule has 1 aromatic carbocycles. The van der Waals surface area contributed by atoms with Crippen LogP contribution in [0.1, 0.15) is 11.5 Å². The number of nitriles is 1. The number of nitrogens with zero attached hydrogens (tertiary/aromatic N) is 3. The van der Waals surface area contributed by atoms with Gasteiger partial charge in [-0.1, -0.05) is 0 Å². The Balaban J connectivity index is 1.88. The Morgan fingerprint density at radius 1 is 1.41 bits per heavy atom. The minimum absolute atomic E-state index is 0.188. The normalized spacial score (nSPS) is 11.0. The van der Waals surface area contributed by atoms with E-state index in [4.69, 9.17) is 9.15 Å². The lowest BCUT2D eigenvalue weighted by Gasteiger charge is -2.03. The summed E-state index contributed by atoms with van der Waals surface area (Å²) in [7, 11) is 1.41. The van der Waals surface area contributed by atoms with Gasteiger partial charge >= 0.3 is 0 Å². The lowest BCUT2D eigenvalue weighted by Crippen LogP contribution is -2.13. The van der Waals surface area contributed by atoms with Gasteiger partial charge in [0.1, 0.15) is 28.9 Å². The summed E-state index contributed by atoms with van der Waals surface area (Å²) in [5.74, 6) is 0.134. The van der Waals surface area contributed by atoms with Crippen LogP contribution in [0.25, 0.3) is 17.4 Å². The van der Waals surface area contributed by atoms with E-state index in [2.05, 4.69) is 10.3 Å². The lowest BCUT2D eigenvalue weighted by atomic mass is 10.1. The molecule has 3 aromatic rings. The van der Waals surface area contributed by atoms with Crippen molar-refractivity contribution in [3.63, 3.8) is 0 Å². The Hall–Kier alpha value is -3.97. The number of nitrogens with one attached hydrogen (secondary N) is 1. The van der Waals surface area contributed by atoms with Crippen LogP contribution in [-0.2, 0) is 4.79 Å². The molecular formula is C19H14N4O5S. The molecule has 2 aromatic heterocycles.